The maximum absolute atomic E-state index is 10.3. The number of carbonyl (C=O) groups is 1. The summed E-state index contributed by atoms with van der Waals surface area (Å²) >= 11 is 0. The van der Waals surface area contributed by atoms with Gasteiger partial charge in [-0.3, -0.25) is 0 Å². The van der Waals surface area contributed by atoms with Crippen molar-refractivity contribution in [2.45, 2.75) is 19.8 Å². The molecule has 0 aliphatic rings. The molecule has 0 fully saturated rings. The van der Waals surface area contributed by atoms with Crippen LogP contribution in [-0.2, 0) is 9.53 Å². The maximum atomic E-state index is 10.3. The summed E-state index contributed by atoms with van der Waals surface area (Å²) < 4.78 is 5.26. The molecule has 4 heteroatoms. The molecule has 0 amide bonds. The summed E-state index contributed by atoms with van der Waals surface area (Å²) in [4.78, 5) is 10.3. The van der Waals surface area contributed by atoms with Crippen molar-refractivity contribution in [2.75, 3.05) is 26.3 Å². The Morgan fingerprint density at radius 2 is 2.21 bits per heavy atom. The molecule has 0 radical (unpaired) electrons. The van der Waals surface area contributed by atoms with Crippen LogP contribution in [0.2, 0.25) is 0 Å². The molecule has 0 rings (SSSR count). The van der Waals surface area contributed by atoms with Crippen LogP contribution < -0.4 is 5.32 Å². The zero-order valence-electron chi connectivity index (χ0n) is 8.71. The van der Waals surface area contributed by atoms with E-state index in [0.717, 1.165) is 32.6 Å². The van der Waals surface area contributed by atoms with Gasteiger partial charge in [-0.2, -0.15) is 0 Å². The summed E-state index contributed by atoms with van der Waals surface area (Å²) in [6.07, 6.45) is 1.93. The minimum atomic E-state index is -0.945. The molecule has 0 aliphatic heterocycles. The van der Waals surface area contributed by atoms with Crippen molar-refractivity contribution in [1.82, 2.24) is 5.32 Å². The number of carboxylic acid groups (broad SMARTS) is 1. The fourth-order valence-electron chi connectivity index (χ4n) is 0.861. The first-order valence-corrected chi connectivity index (χ1v) is 4.88. The first-order valence-electron chi connectivity index (χ1n) is 4.88. The third-order valence-corrected chi connectivity index (χ3v) is 1.63. The Morgan fingerprint density at radius 1 is 1.50 bits per heavy atom. The topological polar surface area (TPSA) is 58.6 Å². The maximum Gasteiger partial charge on any atom is 0.332 e. The first kappa shape index (κ1) is 13.1. The normalized spacial score (nSPS) is 10.1. The van der Waals surface area contributed by atoms with Crippen molar-refractivity contribution in [1.29, 1.82) is 0 Å². The van der Waals surface area contributed by atoms with Crippen molar-refractivity contribution in [3.63, 3.8) is 0 Å². The Morgan fingerprint density at radius 3 is 2.79 bits per heavy atom. The van der Waals surface area contributed by atoms with Gasteiger partial charge in [-0.15, -0.1) is 0 Å². The van der Waals surface area contributed by atoms with Gasteiger partial charge < -0.3 is 15.2 Å². The van der Waals surface area contributed by atoms with E-state index in [4.69, 9.17) is 9.84 Å². The lowest BCUT2D eigenvalue weighted by atomic mass is 10.3. The number of carboxylic acids is 1. The van der Waals surface area contributed by atoms with E-state index in [-0.39, 0.29) is 5.57 Å². The van der Waals surface area contributed by atoms with Crippen LogP contribution in [0.25, 0.3) is 0 Å². The highest BCUT2D eigenvalue weighted by molar-refractivity contribution is 5.86. The summed E-state index contributed by atoms with van der Waals surface area (Å²) in [5, 5.41) is 11.5. The number of aliphatic carboxylic acids is 1. The van der Waals surface area contributed by atoms with Gasteiger partial charge in [-0.1, -0.05) is 13.5 Å². The summed E-state index contributed by atoms with van der Waals surface area (Å²) in [6, 6.07) is 0. The Hall–Kier alpha value is -0.870. The van der Waals surface area contributed by atoms with Crippen LogP contribution in [0.4, 0.5) is 0 Å². The highest BCUT2D eigenvalue weighted by Crippen LogP contribution is 1.87. The van der Waals surface area contributed by atoms with Gasteiger partial charge in [0.15, 0.2) is 0 Å². The van der Waals surface area contributed by atoms with E-state index in [0.29, 0.717) is 6.54 Å². The number of hydrogen-bond donors (Lipinski definition) is 2. The van der Waals surface area contributed by atoms with E-state index in [9.17, 15) is 4.79 Å². The SMILES string of the molecule is C=C(CNCCCOCCC)C(=O)O. The third-order valence-electron chi connectivity index (χ3n) is 1.63. The molecule has 0 aliphatic carbocycles. The van der Waals surface area contributed by atoms with E-state index in [1.165, 1.54) is 0 Å². The molecule has 0 aromatic rings. The Labute approximate surface area is 85.0 Å². The Balaban J connectivity index is 3.13. The minimum Gasteiger partial charge on any atom is -0.478 e. The molecule has 4 nitrogen and oxygen atoms in total. The summed E-state index contributed by atoms with van der Waals surface area (Å²) in [6.45, 7) is 8.09. The molecule has 0 saturated heterocycles. The van der Waals surface area contributed by atoms with Gasteiger partial charge >= 0.3 is 5.97 Å². The monoisotopic (exact) mass is 201 g/mol. The van der Waals surface area contributed by atoms with Crippen molar-refractivity contribution in [2.24, 2.45) is 0 Å². The van der Waals surface area contributed by atoms with Crippen LogP contribution >= 0.6 is 0 Å². The quantitative estimate of drug-likeness (QED) is 0.432. The number of nitrogens with one attached hydrogen (secondary N) is 1. The molecule has 0 atom stereocenters. The highest BCUT2D eigenvalue weighted by Gasteiger charge is 2.01. The number of rotatable bonds is 9. The first-order chi connectivity index (χ1) is 6.68. The molecular formula is C10H19NO3. The number of ether oxygens (including phenoxy) is 1. The fraction of sp³-hybridized carbons (Fsp3) is 0.700. The smallest absolute Gasteiger partial charge is 0.332 e. The van der Waals surface area contributed by atoms with Crippen LogP contribution in [0.15, 0.2) is 12.2 Å². The van der Waals surface area contributed by atoms with E-state index in [2.05, 4.69) is 18.8 Å². The molecular weight excluding hydrogens is 182 g/mol. The Kier molecular flexibility index (Phi) is 8.17. The molecule has 0 aromatic heterocycles. The lowest BCUT2D eigenvalue weighted by molar-refractivity contribution is -0.132. The van der Waals surface area contributed by atoms with Crippen LogP contribution in [0.3, 0.4) is 0 Å². The number of hydrogen-bond acceptors (Lipinski definition) is 3. The second-order valence-electron chi connectivity index (χ2n) is 3.05. The van der Waals surface area contributed by atoms with E-state index in [1.54, 1.807) is 0 Å². The summed E-state index contributed by atoms with van der Waals surface area (Å²) in [7, 11) is 0. The molecule has 0 spiro atoms. The molecule has 0 heterocycles. The van der Waals surface area contributed by atoms with Crippen LogP contribution in [0, 0.1) is 0 Å². The van der Waals surface area contributed by atoms with Gasteiger partial charge in [-0.05, 0) is 19.4 Å². The Bertz CT molecular complexity index is 180. The van der Waals surface area contributed by atoms with Crippen LogP contribution in [-0.4, -0.2) is 37.4 Å². The van der Waals surface area contributed by atoms with E-state index in [1.807, 2.05) is 0 Å². The van der Waals surface area contributed by atoms with Crippen molar-refractivity contribution in [3.05, 3.63) is 12.2 Å². The highest BCUT2D eigenvalue weighted by atomic mass is 16.5. The molecule has 0 unspecified atom stereocenters. The van der Waals surface area contributed by atoms with Gasteiger partial charge in [0.2, 0.25) is 0 Å². The zero-order chi connectivity index (χ0) is 10.8. The van der Waals surface area contributed by atoms with Crippen molar-refractivity contribution >= 4 is 5.97 Å². The second kappa shape index (κ2) is 8.72. The fourth-order valence-corrected chi connectivity index (χ4v) is 0.861. The van der Waals surface area contributed by atoms with Gasteiger partial charge in [-0.25, -0.2) is 4.79 Å². The van der Waals surface area contributed by atoms with Gasteiger partial charge in [0.1, 0.15) is 0 Å². The van der Waals surface area contributed by atoms with Crippen molar-refractivity contribution < 1.29 is 14.6 Å². The minimum absolute atomic E-state index is 0.194. The van der Waals surface area contributed by atoms with Gasteiger partial charge in [0, 0.05) is 25.3 Å². The molecule has 2 N–H and O–H groups in total. The third kappa shape index (κ3) is 7.76. The van der Waals surface area contributed by atoms with Crippen molar-refractivity contribution in [3.8, 4) is 0 Å². The molecule has 0 saturated carbocycles. The molecule has 14 heavy (non-hydrogen) atoms. The summed E-state index contributed by atoms with van der Waals surface area (Å²) in [5.41, 5.74) is 0.194. The van der Waals surface area contributed by atoms with E-state index < -0.39 is 5.97 Å². The second-order valence-corrected chi connectivity index (χ2v) is 3.05. The standard InChI is InChI=1S/C10H19NO3/c1-3-6-14-7-4-5-11-8-9(2)10(12)13/h11H,2-8H2,1H3,(H,12,13). The molecule has 82 valence electrons. The van der Waals surface area contributed by atoms with Gasteiger partial charge in [0.25, 0.3) is 0 Å². The largest absolute Gasteiger partial charge is 0.478 e. The zero-order valence-corrected chi connectivity index (χ0v) is 8.71. The molecule has 0 aromatic carbocycles. The lowest BCUT2D eigenvalue weighted by Crippen LogP contribution is -2.22. The predicted molar refractivity (Wildman–Crippen MR) is 55.4 cm³/mol. The summed E-state index contributed by atoms with van der Waals surface area (Å²) in [5.74, 6) is -0.945. The van der Waals surface area contributed by atoms with Crippen LogP contribution in [0.5, 0.6) is 0 Å². The average Bonchev–Trinajstić information content (AvgIpc) is 2.16. The van der Waals surface area contributed by atoms with Gasteiger partial charge in [0.05, 0.1) is 0 Å². The molecule has 0 bridgehead atoms. The van der Waals surface area contributed by atoms with E-state index >= 15 is 0 Å². The average molecular weight is 201 g/mol. The predicted octanol–water partition coefficient (Wildman–Crippen LogP) is 1.03. The lowest BCUT2D eigenvalue weighted by Gasteiger charge is -2.04. The van der Waals surface area contributed by atoms with Crippen LogP contribution in [0.1, 0.15) is 19.8 Å².